The molecule has 3 aromatic carbocycles. The standard InChI is InChI=1S/C27H25N3O2/c1-17-7-6-8-19(15-17)21-9-4-5-10-22(21)27(31)30-14-13-18(2)25(30)26-28-23-12-11-20(32-3)16-24(23)29-26/h4-12,15-16,25H,2,13-14H2,1,3H3,(H,28,29)/t25-/m0/s1. The predicted octanol–water partition coefficient (Wildman–Crippen LogP) is 5.69. The summed E-state index contributed by atoms with van der Waals surface area (Å²) >= 11 is 0. The van der Waals surface area contributed by atoms with Crippen LogP contribution in [0.25, 0.3) is 22.2 Å². The van der Waals surface area contributed by atoms with Gasteiger partial charge in [-0.05, 0) is 48.2 Å². The summed E-state index contributed by atoms with van der Waals surface area (Å²) in [7, 11) is 1.64. The summed E-state index contributed by atoms with van der Waals surface area (Å²) in [6.45, 7) is 6.93. The van der Waals surface area contributed by atoms with E-state index >= 15 is 0 Å². The molecule has 1 N–H and O–H groups in total. The Kier molecular flexibility index (Phi) is 5.02. The number of methoxy groups -OCH3 is 1. The number of aromatic amines is 1. The molecule has 5 rings (SSSR count). The van der Waals surface area contributed by atoms with Gasteiger partial charge >= 0.3 is 0 Å². The van der Waals surface area contributed by atoms with Crippen LogP contribution in [0.15, 0.2) is 78.9 Å². The lowest BCUT2D eigenvalue weighted by atomic mass is 9.97. The van der Waals surface area contributed by atoms with E-state index < -0.39 is 0 Å². The molecular weight excluding hydrogens is 398 g/mol. The number of amides is 1. The molecule has 160 valence electrons. The number of nitrogens with zero attached hydrogens (tertiary/aromatic N) is 2. The first-order valence-electron chi connectivity index (χ1n) is 10.7. The average molecular weight is 424 g/mol. The molecule has 32 heavy (non-hydrogen) atoms. The molecule has 4 aromatic rings. The molecule has 0 unspecified atom stereocenters. The highest BCUT2D eigenvalue weighted by Crippen LogP contribution is 2.38. The Morgan fingerprint density at radius 2 is 1.97 bits per heavy atom. The SMILES string of the molecule is C=C1CCN(C(=O)c2ccccc2-c2cccc(C)c2)[C@@H]1c1nc2ccc(OC)cc2[nH]1. The first-order valence-corrected chi connectivity index (χ1v) is 10.7. The lowest BCUT2D eigenvalue weighted by Gasteiger charge is -2.25. The average Bonchev–Trinajstić information content (AvgIpc) is 3.40. The van der Waals surface area contributed by atoms with Crippen LogP contribution < -0.4 is 4.74 Å². The van der Waals surface area contributed by atoms with Crippen molar-refractivity contribution in [1.82, 2.24) is 14.9 Å². The highest BCUT2D eigenvalue weighted by Gasteiger charge is 2.36. The molecule has 5 nitrogen and oxygen atoms in total. The summed E-state index contributed by atoms with van der Waals surface area (Å²) in [5.74, 6) is 1.49. The third-order valence-corrected chi connectivity index (χ3v) is 6.09. The van der Waals surface area contributed by atoms with Crippen LogP contribution in [-0.2, 0) is 0 Å². The van der Waals surface area contributed by atoms with Crippen LogP contribution in [0.5, 0.6) is 5.75 Å². The van der Waals surface area contributed by atoms with E-state index in [9.17, 15) is 4.79 Å². The second kappa shape index (κ2) is 8.00. The van der Waals surface area contributed by atoms with Crippen LogP contribution in [0.2, 0.25) is 0 Å². The molecule has 1 amide bonds. The van der Waals surface area contributed by atoms with Crippen molar-refractivity contribution in [2.75, 3.05) is 13.7 Å². The fourth-order valence-corrected chi connectivity index (χ4v) is 4.46. The van der Waals surface area contributed by atoms with Gasteiger partial charge in [0.15, 0.2) is 0 Å². The van der Waals surface area contributed by atoms with Crippen molar-refractivity contribution in [3.63, 3.8) is 0 Å². The number of nitrogens with one attached hydrogen (secondary N) is 1. The van der Waals surface area contributed by atoms with E-state index in [4.69, 9.17) is 9.72 Å². The van der Waals surface area contributed by atoms with Crippen molar-refractivity contribution in [2.45, 2.75) is 19.4 Å². The van der Waals surface area contributed by atoms with Crippen molar-refractivity contribution in [2.24, 2.45) is 0 Å². The van der Waals surface area contributed by atoms with Crippen molar-refractivity contribution in [1.29, 1.82) is 0 Å². The number of carbonyl (C=O) groups is 1. The lowest BCUT2D eigenvalue weighted by molar-refractivity contribution is 0.0742. The quantitative estimate of drug-likeness (QED) is 0.429. The molecule has 1 fully saturated rings. The smallest absolute Gasteiger partial charge is 0.255 e. The first kappa shape index (κ1) is 20.1. The lowest BCUT2D eigenvalue weighted by Crippen LogP contribution is -2.31. The minimum absolute atomic E-state index is 0.0104. The summed E-state index contributed by atoms with van der Waals surface area (Å²) in [6.07, 6.45) is 0.753. The number of hydrogen-bond acceptors (Lipinski definition) is 3. The zero-order valence-electron chi connectivity index (χ0n) is 18.3. The maximum atomic E-state index is 13.8. The fourth-order valence-electron chi connectivity index (χ4n) is 4.46. The minimum atomic E-state index is -0.286. The summed E-state index contributed by atoms with van der Waals surface area (Å²) < 4.78 is 5.33. The van der Waals surface area contributed by atoms with Crippen LogP contribution in [0, 0.1) is 6.92 Å². The normalized spacial score (nSPS) is 16.0. The number of aryl methyl sites for hydroxylation is 1. The molecule has 0 aliphatic carbocycles. The van der Waals surface area contributed by atoms with Crippen LogP contribution in [0.4, 0.5) is 0 Å². The van der Waals surface area contributed by atoms with E-state index in [1.807, 2.05) is 59.5 Å². The Hall–Kier alpha value is -3.86. The molecule has 1 saturated heterocycles. The molecular formula is C27H25N3O2. The fraction of sp³-hybridized carbons (Fsp3) is 0.185. The molecule has 1 atom stereocenters. The number of fused-ring (bicyclic) bond motifs is 1. The van der Waals surface area contributed by atoms with Crippen molar-refractivity contribution in [3.05, 3.63) is 95.8 Å². The maximum Gasteiger partial charge on any atom is 0.255 e. The number of ether oxygens (including phenoxy) is 1. The van der Waals surface area contributed by atoms with Gasteiger partial charge in [-0.15, -0.1) is 0 Å². The van der Waals surface area contributed by atoms with Gasteiger partial charge in [0.05, 0.1) is 18.1 Å². The van der Waals surface area contributed by atoms with Gasteiger partial charge in [0, 0.05) is 18.2 Å². The largest absolute Gasteiger partial charge is 0.497 e. The van der Waals surface area contributed by atoms with Gasteiger partial charge in [-0.25, -0.2) is 4.98 Å². The minimum Gasteiger partial charge on any atom is -0.497 e. The van der Waals surface area contributed by atoms with E-state index in [0.717, 1.165) is 51.3 Å². The number of benzene rings is 3. The van der Waals surface area contributed by atoms with Gasteiger partial charge in [0.25, 0.3) is 5.91 Å². The number of rotatable bonds is 4. The van der Waals surface area contributed by atoms with Gasteiger partial charge in [0.1, 0.15) is 17.6 Å². The molecule has 2 heterocycles. The number of carbonyl (C=O) groups excluding carboxylic acids is 1. The van der Waals surface area contributed by atoms with Crippen LogP contribution in [0.1, 0.15) is 34.2 Å². The van der Waals surface area contributed by atoms with Crippen LogP contribution in [-0.4, -0.2) is 34.4 Å². The predicted molar refractivity (Wildman–Crippen MR) is 127 cm³/mol. The molecule has 0 radical (unpaired) electrons. The van der Waals surface area contributed by atoms with Crippen molar-refractivity contribution in [3.8, 4) is 16.9 Å². The van der Waals surface area contributed by atoms with Crippen molar-refractivity contribution < 1.29 is 9.53 Å². The maximum absolute atomic E-state index is 13.8. The zero-order valence-corrected chi connectivity index (χ0v) is 18.3. The monoisotopic (exact) mass is 423 g/mol. The Bertz CT molecular complexity index is 1340. The zero-order chi connectivity index (χ0) is 22.2. The molecule has 0 saturated carbocycles. The summed E-state index contributed by atoms with van der Waals surface area (Å²) in [5.41, 5.74) is 6.54. The highest BCUT2D eigenvalue weighted by molar-refractivity contribution is 6.01. The Morgan fingerprint density at radius 3 is 2.78 bits per heavy atom. The third-order valence-electron chi connectivity index (χ3n) is 6.09. The van der Waals surface area contributed by atoms with Gasteiger partial charge in [-0.1, -0.05) is 54.6 Å². The molecule has 1 aliphatic heterocycles. The number of H-pyrrole nitrogens is 1. The Labute approximate surface area is 187 Å². The number of hydrogen-bond donors (Lipinski definition) is 1. The summed E-state index contributed by atoms with van der Waals surface area (Å²) in [4.78, 5) is 23.8. The summed E-state index contributed by atoms with van der Waals surface area (Å²) in [5, 5.41) is 0. The molecule has 1 aliphatic rings. The number of aromatic nitrogens is 2. The second-order valence-corrected chi connectivity index (χ2v) is 8.23. The van der Waals surface area contributed by atoms with Gasteiger partial charge in [-0.3, -0.25) is 4.79 Å². The molecule has 0 bridgehead atoms. The van der Waals surface area contributed by atoms with Gasteiger partial charge in [-0.2, -0.15) is 0 Å². The van der Waals surface area contributed by atoms with E-state index in [2.05, 4.69) is 30.6 Å². The van der Waals surface area contributed by atoms with E-state index in [1.54, 1.807) is 7.11 Å². The summed E-state index contributed by atoms with van der Waals surface area (Å²) in [6, 6.07) is 21.5. The third kappa shape index (κ3) is 3.46. The first-order chi connectivity index (χ1) is 15.5. The van der Waals surface area contributed by atoms with Crippen LogP contribution >= 0.6 is 0 Å². The molecule has 0 spiro atoms. The topological polar surface area (TPSA) is 58.2 Å². The Balaban J connectivity index is 1.54. The van der Waals surface area contributed by atoms with Gasteiger partial charge < -0.3 is 14.6 Å². The van der Waals surface area contributed by atoms with Crippen molar-refractivity contribution >= 4 is 16.9 Å². The number of likely N-dealkylation sites (tertiary alicyclic amines) is 1. The van der Waals surface area contributed by atoms with E-state index in [0.29, 0.717) is 12.1 Å². The van der Waals surface area contributed by atoms with Crippen LogP contribution in [0.3, 0.4) is 0 Å². The molecule has 5 heteroatoms. The molecule has 1 aromatic heterocycles. The van der Waals surface area contributed by atoms with E-state index in [1.165, 1.54) is 0 Å². The number of imidazole rings is 1. The highest BCUT2D eigenvalue weighted by atomic mass is 16.5. The van der Waals surface area contributed by atoms with Gasteiger partial charge in [0.2, 0.25) is 0 Å². The van der Waals surface area contributed by atoms with E-state index in [-0.39, 0.29) is 11.9 Å². The second-order valence-electron chi connectivity index (χ2n) is 8.23. The Morgan fingerprint density at radius 1 is 1.12 bits per heavy atom.